The van der Waals surface area contributed by atoms with E-state index in [9.17, 15) is 0 Å². The average Bonchev–Trinajstić information content (AvgIpc) is 3.09. The van der Waals surface area contributed by atoms with Crippen LogP contribution in [0.5, 0.6) is 0 Å². The van der Waals surface area contributed by atoms with E-state index in [1.54, 1.807) is 43.2 Å². The van der Waals surface area contributed by atoms with Crippen molar-refractivity contribution in [2.45, 2.75) is 0 Å². The number of nitrogens with zero attached hydrogens (tertiary/aromatic N) is 6. The molecule has 0 radical (unpaired) electrons. The molecule has 0 atom stereocenters. The van der Waals surface area contributed by atoms with Crippen molar-refractivity contribution in [3.63, 3.8) is 0 Å². The Morgan fingerprint density at radius 2 is 1.57 bits per heavy atom. The van der Waals surface area contributed by atoms with Gasteiger partial charge in [-0.05, 0) is 18.2 Å². The van der Waals surface area contributed by atoms with Crippen LogP contribution in [0.4, 0.5) is 0 Å². The second kappa shape index (κ2) is 5.98. The maximum absolute atomic E-state index is 4.68. The molecule has 4 aromatic rings. The highest BCUT2D eigenvalue weighted by atomic mass is 32.1. The highest BCUT2D eigenvalue weighted by molar-refractivity contribution is 7.18. The molecule has 0 aliphatic rings. The average molecular weight is 318 g/mol. The molecule has 4 heterocycles. The second-order valence-corrected chi connectivity index (χ2v) is 5.57. The van der Waals surface area contributed by atoms with E-state index in [1.807, 2.05) is 18.2 Å². The number of rotatable bonds is 3. The zero-order valence-corrected chi connectivity index (χ0v) is 12.7. The molecule has 0 bridgehead atoms. The van der Waals surface area contributed by atoms with Crippen molar-refractivity contribution in [3.8, 4) is 32.8 Å². The number of pyridine rings is 1. The Bertz CT molecular complexity index is 852. The minimum absolute atomic E-state index is 0.569. The zero-order valence-electron chi connectivity index (χ0n) is 11.9. The van der Waals surface area contributed by atoms with Gasteiger partial charge in [-0.3, -0.25) is 15.0 Å². The summed E-state index contributed by atoms with van der Waals surface area (Å²) in [5.74, 6) is 0.569. The molecule has 0 aliphatic heterocycles. The topological polar surface area (TPSA) is 77.3 Å². The molecule has 0 unspecified atom stereocenters. The van der Waals surface area contributed by atoms with Crippen molar-refractivity contribution >= 4 is 11.3 Å². The smallest absolute Gasteiger partial charge is 0.179 e. The first-order valence-corrected chi connectivity index (χ1v) is 7.69. The van der Waals surface area contributed by atoms with Gasteiger partial charge in [-0.25, -0.2) is 15.0 Å². The van der Waals surface area contributed by atoms with Gasteiger partial charge in [0.05, 0.1) is 16.8 Å². The van der Waals surface area contributed by atoms with Crippen molar-refractivity contribution in [3.05, 3.63) is 61.4 Å². The third-order valence-electron chi connectivity index (χ3n) is 3.08. The van der Waals surface area contributed by atoms with Crippen LogP contribution in [0.3, 0.4) is 0 Å². The fourth-order valence-corrected chi connectivity index (χ4v) is 3.08. The highest BCUT2D eigenvalue weighted by Gasteiger charge is 2.19. The molecule has 0 aromatic carbocycles. The number of hydrogen-bond donors (Lipinski definition) is 0. The Balaban J connectivity index is 1.91. The molecule has 6 nitrogen and oxygen atoms in total. The van der Waals surface area contributed by atoms with E-state index in [0.29, 0.717) is 11.5 Å². The summed E-state index contributed by atoms with van der Waals surface area (Å²) in [5, 5.41) is 0.765. The van der Waals surface area contributed by atoms with Gasteiger partial charge in [-0.2, -0.15) is 0 Å². The lowest BCUT2D eigenvalue weighted by atomic mass is 10.2. The first-order valence-electron chi connectivity index (χ1n) is 6.88. The van der Waals surface area contributed by atoms with E-state index in [0.717, 1.165) is 21.3 Å². The van der Waals surface area contributed by atoms with E-state index in [4.69, 9.17) is 0 Å². The lowest BCUT2D eigenvalue weighted by molar-refractivity contribution is 1.14. The van der Waals surface area contributed by atoms with Crippen molar-refractivity contribution in [1.29, 1.82) is 0 Å². The molecule has 7 heteroatoms. The predicted molar refractivity (Wildman–Crippen MR) is 87.4 cm³/mol. The summed E-state index contributed by atoms with van der Waals surface area (Å²) >= 11 is 1.50. The van der Waals surface area contributed by atoms with Crippen molar-refractivity contribution in [2.24, 2.45) is 0 Å². The molecule has 23 heavy (non-hydrogen) atoms. The van der Waals surface area contributed by atoms with E-state index < -0.39 is 0 Å². The predicted octanol–water partition coefficient (Wildman–Crippen LogP) is 3.12. The molecule has 4 rings (SSSR count). The molecule has 0 amide bonds. The van der Waals surface area contributed by atoms with Crippen LogP contribution in [0.2, 0.25) is 0 Å². The lowest BCUT2D eigenvalue weighted by Crippen LogP contribution is -1.90. The molecular formula is C16H10N6S. The van der Waals surface area contributed by atoms with Gasteiger partial charge in [0.25, 0.3) is 0 Å². The SMILES string of the molecule is c1ccc(-c2sc(-c3cnccn3)nc2-c2ncccn2)nc1. The minimum atomic E-state index is 0.569. The van der Waals surface area contributed by atoms with Gasteiger partial charge in [0, 0.05) is 31.0 Å². The van der Waals surface area contributed by atoms with Gasteiger partial charge in [0.2, 0.25) is 0 Å². The van der Waals surface area contributed by atoms with Gasteiger partial charge in [-0.15, -0.1) is 11.3 Å². The van der Waals surface area contributed by atoms with E-state index in [2.05, 4.69) is 29.9 Å². The summed E-state index contributed by atoms with van der Waals surface area (Å²) in [6.07, 6.45) is 10.1. The largest absolute Gasteiger partial charge is 0.261 e. The summed E-state index contributed by atoms with van der Waals surface area (Å²) in [7, 11) is 0. The van der Waals surface area contributed by atoms with Gasteiger partial charge in [-0.1, -0.05) is 6.07 Å². The standard InChI is InChI=1S/C16H10N6S/c1-2-5-18-11(4-1)14-13(15-20-6-3-7-21-15)22-16(23-14)12-10-17-8-9-19-12/h1-10H. The van der Waals surface area contributed by atoms with Crippen LogP contribution in [0.25, 0.3) is 32.8 Å². The molecule has 0 spiro atoms. The Labute approximate surface area is 136 Å². The molecule has 0 saturated carbocycles. The third kappa shape index (κ3) is 2.69. The Hall–Kier alpha value is -3.06. The van der Waals surface area contributed by atoms with E-state index in [-0.39, 0.29) is 0 Å². The maximum Gasteiger partial charge on any atom is 0.179 e. The maximum atomic E-state index is 4.68. The minimum Gasteiger partial charge on any atom is -0.261 e. The van der Waals surface area contributed by atoms with Gasteiger partial charge < -0.3 is 0 Å². The van der Waals surface area contributed by atoms with Gasteiger partial charge in [0.1, 0.15) is 16.4 Å². The lowest BCUT2D eigenvalue weighted by Gasteiger charge is -1.99. The summed E-state index contributed by atoms with van der Waals surface area (Å²) in [4.78, 5) is 27.1. The molecule has 0 aliphatic carbocycles. The molecule has 0 N–H and O–H groups in total. The summed E-state index contributed by atoms with van der Waals surface area (Å²) in [6, 6.07) is 7.55. The molecule has 0 saturated heterocycles. The van der Waals surface area contributed by atoms with Crippen molar-refractivity contribution < 1.29 is 0 Å². The second-order valence-electron chi connectivity index (χ2n) is 4.57. The van der Waals surface area contributed by atoms with Gasteiger partial charge in [0.15, 0.2) is 5.82 Å². The fraction of sp³-hybridized carbons (Fsp3) is 0. The molecule has 110 valence electrons. The highest BCUT2D eigenvalue weighted by Crippen LogP contribution is 2.37. The van der Waals surface area contributed by atoms with Gasteiger partial charge >= 0.3 is 0 Å². The van der Waals surface area contributed by atoms with Crippen LogP contribution in [-0.4, -0.2) is 29.9 Å². The summed E-state index contributed by atoms with van der Waals surface area (Å²) in [6.45, 7) is 0. The van der Waals surface area contributed by atoms with Crippen LogP contribution < -0.4 is 0 Å². The Morgan fingerprint density at radius 1 is 0.739 bits per heavy atom. The quantitative estimate of drug-likeness (QED) is 0.577. The van der Waals surface area contributed by atoms with Crippen molar-refractivity contribution in [2.75, 3.05) is 0 Å². The Morgan fingerprint density at radius 3 is 2.30 bits per heavy atom. The van der Waals surface area contributed by atoms with Crippen LogP contribution in [0, 0.1) is 0 Å². The number of aromatic nitrogens is 6. The fourth-order valence-electron chi connectivity index (χ4n) is 2.08. The monoisotopic (exact) mass is 318 g/mol. The summed E-state index contributed by atoms with van der Waals surface area (Å²) < 4.78 is 0. The number of hydrogen-bond acceptors (Lipinski definition) is 7. The van der Waals surface area contributed by atoms with Crippen LogP contribution in [0.1, 0.15) is 0 Å². The number of thiazole rings is 1. The zero-order chi connectivity index (χ0) is 15.5. The van der Waals surface area contributed by atoms with E-state index in [1.165, 1.54) is 11.3 Å². The molecule has 0 fully saturated rings. The molecular weight excluding hydrogens is 308 g/mol. The Kier molecular flexibility index (Phi) is 3.53. The van der Waals surface area contributed by atoms with Crippen molar-refractivity contribution in [1.82, 2.24) is 29.9 Å². The van der Waals surface area contributed by atoms with Crippen LogP contribution in [-0.2, 0) is 0 Å². The first-order chi connectivity index (χ1) is 11.4. The molecule has 4 aromatic heterocycles. The van der Waals surface area contributed by atoms with E-state index >= 15 is 0 Å². The first kappa shape index (κ1) is 13.6. The van der Waals surface area contributed by atoms with Crippen LogP contribution >= 0.6 is 11.3 Å². The normalized spacial score (nSPS) is 10.6. The third-order valence-corrected chi connectivity index (χ3v) is 4.18. The summed E-state index contributed by atoms with van der Waals surface area (Å²) in [5.41, 5.74) is 2.26. The van der Waals surface area contributed by atoms with Crippen LogP contribution in [0.15, 0.2) is 61.4 Å².